The Morgan fingerprint density at radius 2 is 2.25 bits per heavy atom. The number of hydrogen-bond donors (Lipinski definition) is 2. The predicted octanol–water partition coefficient (Wildman–Crippen LogP) is 3.14. The van der Waals surface area contributed by atoms with Gasteiger partial charge in [0.2, 0.25) is 5.90 Å². The summed E-state index contributed by atoms with van der Waals surface area (Å²) in [6.45, 7) is 2.04. The molecule has 1 unspecified atom stereocenters. The lowest BCUT2D eigenvalue weighted by Crippen LogP contribution is -2.39. The van der Waals surface area contributed by atoms with Crippen LogP contribution in [0.4, 0.5) is 0 Å². The standard InChI is InChI=1S/C13H17NO2/c1-2-13(12(14)16-15)9-5-7-10-6-3-4-8-11(10)13/h3-4,6,8,14-15H,2,5,7,9H2,1H3. The van der Waals surface area contributed by atoms with E-state index in [4.69, 9.17) is 10.7 Å². The lowest BCUT2D eigenvalue weighted by Gasteiger charge is -2.36. The summed E-state index contributed by atoms with van der Waals surface area (Å²) in [6, 6.07) is 8.16. The Morgan fingerprint density at radius 3 is 2.94 bits per heavy atom. The molecule has 3 nitrogen and oxygen atoms in total. The first kappa shape index (κ1) is 11.1. The molecule has 1 aromatic carbocycles. The first-order valence-electron chi connectivity index (χ1n) is 5.73. The van der Waals surface area contributed by atoms with Crippen LogP contribution in [0.25, 0.3) is 0 Å². The van der Waals surface area contributed by atoms with Gasteiger partial charge in [0.25, 0.3) is 0 Å². The highest BCUT2D eigenvalue weighted by atomic mass is 17.1. The minimum atomic E-state index is -0.427. The molecule has 0 saturated carbocycles. The van der Waals surface area contributed by atoms with Crippen molar-refractivity contribution >= 4 is 5.90 Å². The normalized spacial score (nSPS) is 23.6. The molecule has 0 aliphatic heterocycles. The average Bonchev–Trinajstić information content (AvgIpc) is 2.37. The molecule has 86 valence electrons. The van der Waals surface area contributed by atoms with Crippen molar-refractivity contribution < 1.29 is 10.1 Å². The van der Waals surface area contributed by atoms with Gasteiger partial charge in [-0.1, -0.05) is 31.2 Å². The summed E-state index contributed by atoms with van der Waals surface area (Å²) >= 11 is 0. The zero-order valence-corrected chi connectivity index (χ0v) is 9.49. The van der Waals surface area contributed by atoms with Gasteiger partial charge in [0.05, 0.1) is 5.41 Å². The number of aryl methyl sites for hydroxylation is 1. The number of hydrogen-bond acceptors (Lipinski definition) is 3. The maximum absolute atomic E-state index is 8.78. The number of nitrogens with one attached hydrogen (secondary N) is 1. The molecule has 1 aliphatic rings. The van der Waals surface area contributed by atoms with Crippen molar-refractivity contribution in [2.75, 3.05) is 0 Å². The lowest BCUT2D eigenvalue weighted by atomic mass is 9.68. The first-order chi connectivity index (χ1) is 7.74. The SMILES string of the molecule is CCC1(C(=N)OO)CCCc2ccccc21. The first-order valence-corrected chi connectivity index (χ1v) is 5.73. The Labute approximate surface area is 95.5 Å². The van der Waals surface area contributed by atoms with Gasteiger partial charge in [-0.15, -0.1) is 0 Å². The molecule has 0 radical (unpaired) electrons. The van der Waals surface area contributed by atoms with Crippen LogP contribution in [0.1, 0.15) is 37.3 Å². The molecule has 2 N–H and O–H groups in total. The highest BCUT2D eigenvalue weighted by molar-refractivity contribution is 5.86. The van der Waals surface area contributed by atoms with Crippen LogP contribution in [0.2, 0.25) is 0 Å². The average molecular weight is 219 g/mol. The summed E-state index contributed by atoms with van der Waals surface area (Å²) < 4.78 is 0. The topological polar surface area (TPSA) is 53.3 Å². The Kier molecular flexibility index (Phi) is 2.97. The number of fused-ring (bicyclic) bond motifs is 1. The smallest absolute Gasteiger partial charge is 0.235 e. The lowest BCUT2D eigenvalue weighted by molar-refractivity contribution is -0.163. The van der Waals surface area contributed by atoms with Gasteiger partial charge in [-0.05, 0) is 36.8 Å². The van der Waals surface area contributed by atoms with E-state index in [2.05, 4.69) is 11.0 Å². The monoisotopic (exact) mass is 219 g/mol. The van der Waals surface area contributed by atoms with Crippen LogP contribution >= 0.6 is 0 Å². The summed E-state index contributed by atoms with van der Waals surface area (Å²) in [5.74, 6) is -0.0258. The fraction of sp³-hybridized carbons (Fsp3) is 0.462. The van der Waals surface area contributed by atoms with E-state index in [0.29, 0.717) is 0 Å². The van der Waals surface area contributed by atoms with Gasteiger partial charge in [0.1, 0.15) is 0 Å². The van der Waals surface area contributed by atoms with Crippen molar-refractivity contribution in [3.05, 3.63) is 35.4 Å². The summed E-state index contributed by atoms with van der Waals surface area (Å²) in [7, 11) is 0. The maximum atomic E-state index is 8.78. The molecule has 0 bridgehead atoms. The molecule has 1 aliphatic carbocycles. The number of benzene rings is 1. The third-order valence-electron chi connectivity index (χ3n) is 3.71. The van der Waals surface area contributed by atoms with Crippen LogP contribution in [0.15, 0.2) is 24.3 Å². The van der Waals surface area contributed by atoms with Gasteiger partial charge in [0, 0.05) is 0 Å². The molecule has 0 fully saturated rings. The minimum absolute atomic E-state index is 0.0258. The van der Waals surface area contributed by atoms with Crippen LogP contribution < -0.4 is 0 Å². The second kappa shape index (κ2) is 4.26. The number of rotatable bonds is 2. The molecule has 16 heavy (non-hydrogen) atoms. The van der Waals surface area contributed by atoms with Crippen LogP contribution in [0.5, 0.6) is 0 Å². The zero-order valence-electron chi connectivity index (χ0n) is 9.49. The van der Waals surface area contributed by atoms with Crippen LogP contribution in [0.3, 0.4) is 0 Å². The Balaban J connectivity index is 2.53. The molecular formula is C13H17NO2. The molecule has 1 aromatic rings. The third-order valence-corrected chi connectivity index (χ3v) is 3.71. The van der Waals surface area contributed by atoms with E-state index in [1.165, 1.54) is 5.56 Å². The summed E-state index contributed by atoms with van der Waals surface area (Å²) in [4.78, 5) is 4.22. The molecule has 0 aromatic heterocycles. The summed E-state index contributed by atoms with van der Waals surface area (Å²) in [6.07, 6.45) is 3.75. The Hall–Kier alpha value is -1.35. The molecule has 2 rings (SSSR count). The molecule has 0 saturated heterocycles. The highest BCUT2D eigenvalue weighted by Gasteiger charge is 2.40. The second-order valence-electron chi connectivity index (χ2n) is 4.37. The quantitative estimate of drug-likeness (QED) is 0.347. The van der Waals surface area contributed by atoms with Gasteiger partial charge >= 0.3 is 0 Å². The Bertz CT molecular complexity index is 403. The van der Waals surface area contributed by atoms with Crippen molar-refractivity contribution in [1.82, 2.24) is 0 Å². The fourth-order valence-corrected chi connectivity index (χ4v) is 2.77. The third kappa shape index (κ3) is 1.52. The van der Waals surface area contributed by atoms with E-state index in [-0.39, 0.29) is 5.90 Å². The van der Waals surface area contributed by atoms with Crippen molar-refractivity contribution in [3.8, 4) is 0 Å². The summed E-state index contributed by atoms with van der Waals surface area (Å²) in [5, 5.41) is 16.6. The van der Waals surface area contributed by atoms with Gasteiger partial charge < -0.3 is 4.89 Å². The van der Waals surface area contributed by atoms with E-state index in [1.807, 2.05) is 25.1 Å². The second-order valence-corrected chi connectivity index (χ2v) is 4.37. The molecule has 0 amide bonds. The van der Waals surface area contributed by atoms with Crippen LogP contribution in [-0.4, -0.2) is 11.2 Å². The van der Waals surface area contributed by atoms with E-state index >= 15 is 0 Å². The van der Waals surface area contributed by atoms with E-state index in [1.54, 1.807) is 0 Å². The molecule has 0 spiro atoms. The molecular weight excluding hydrogens is 202 g/mol. The zero-order chi connectivity index (χ0) is 11.6. The van der Waals surface area contributed by atoms with Crippen molar-refractivity contribution in [1.29, 1.82) is 5.41 Å². The predicted molar refractivity (Wildman–Crippen MR) is 62.8 cm³/mol. The van der Waals surface area contributed by atoms with E-state index in [9.17, 15) is 0 Å². The van der Waals surface area contributed by atoms with Crippen molar-refractivity contribution in [2.24, 2.45) is 0 Å². The molecule has 0 heterocycles. The van der Waals surface area contributed by atoms with Crippen LogP contribution in [-0.2, 0) is 16.7 Å². The minimum Gasteiger partial charge on any atom is -0.324 e. The van der Waals surface area contributed by atoms with E-state index < -0.39 is 5.41 Å². The van der Waals surface area contributed by atoms with Crippen molar-refractivity contribution in [2.45, 2.75) is 38.0 Å². The highest BCUT2D eigenvalue weighted by Crippen LogP contribution is 2.40. The van der Waals surface area contributed by atoms with E-state index in [0.717, 1.165) is 31.2 Å². The van der Waals surface area contributed by atoms with Gasteiger partial charge in [-0.3, -0.25) is 5.41 Å². The Morgan fingerprint density at radius 1 is 1.50 bits per heavy atom. The maximum Gasteiger partial charge on any atom is 0.235 e. The van der Waals surface area contributed by atoms with Crippen LogP contribution in [0, 0.1) is 5.41 Å². The van der Waals surface area contributed by atoms with Crippen molar-refractivity contribution in [3.63, 3.8) is 0 Å². The fourth-order valence-electron chi connectivity index (χ4n) is 2.77. The molecule has 1 atom stereocenters. The summed E-state index contributed by atoms with van der Waals surface area (Å²) in [5.41, 5.74) is 1.99. The van der Waals surface area contributed by atoms with Gasteiger partial charge in [0.15, 0.2) is 0 Å². The van der Waals surface area contributed by atoms with Gasteiger partial charge in [-0.2, -0.15) is 0 Å². The largest absolute Gasteiger partial charge is 0.324 e. The van der Waals surface area contributed by atoms with Gasteiger partial charge in [-0.25, -0.2) is 5.26 Å². The molecule has 3 heteroatoms.